The van der Waals surface area contributed by atoms with Crippen LogP contribution in [0.25, 0.3) is 0 Å². The van der Waals surface area contributed by atoms with Crippen molar-refractivity contribution in [1.29, 1.82) is 0 Å². The third-order valence-corrected chi connectivity index (χ3v) is 7.40. The van der Waals surface area contributed by atoms with E-state index in [1.165, 1.54) is 15.6 Å². The van der Waals surface area contributed by atoms with Crippen LogP contribution in [0.2, 0.25) is 0 Å². The number of nitrogens with one attached hydrogen (secondary N) is 1. The normalized spacial score (nSPS) is 12.2. The molecule has 1 aromatic carbocycles. The van der Waals surface area contributed by atoms with Gasteiger partial charge in [-0.2, -0.15) is 4.31 Å². The van der Waals surface area contributed by atoms with E-state index in [-0.39, 0.29) is 24.5 Å². The fourth-order valence-electron chi connectivity index (χ4n) is 3.19. The molecule has 1 amide bonds. The molecule has 0 atom stereocenters. The van der Waals surface area contributed by atoms with Gasteiger partial charge in [-0.25, -0.2) is 13.4 Å². The highest BCUT2D eigenvalue weighted by Crippen LogP contribution is 2.28. The summed E-state index contributed by atoms with van der Waals surface area (Å²) >= 11 is 1.29. The number of nitrogens with zero attached hydrogens (tertiary/aromatic N) is 2. The van der Waals surface area contributed by atoms with E-state index in [1.54, 1.807) is 5.38 Å². The Labute approximate surface area is 172 Å². The van der Waals surface area contributed by atoms with Crippen LogP contribution >= 0.6 is 11.3 Å². The van der Waals surface area contributed by atoms with Crippen LogP contribution in [0.1, 0.15) is 59.9 Å². The quantitative estimate of drug-likeness (QED) is 0.734. The zero-order valence-electron chi connectivity index (χ0n) is 17.5. The molecule has 2 aromatic rings. The summed E-state index contributed by atoms with van der Waals surface area (Å²) in [5.74, 6) is -0.248. The number of sulfonamides is 1. The molecule has 0 saturated heterocycles. The van der Waals surface area contributed by atoms with Gasteiger partial charge in [0.1, 0.15) is 10.7 Å². The first-order valence-corrected chi connectivity index (χ1v) is 11.6. The van der Waals surface area contributed by atoms with Crippen molar-refractivity contribution in [2.24, 2.45) is 0 Å². The SMILES string of the molecule is Cc1cc(C)c(S(=O)(=O)N(Cc2nc(C(=O)NC(C)C)cs2)C(C)C)c(C)c1. The molecular weight excluding hydrogens is 394 g/mol. The molecule has 0 aliphatic heterocycles. The van der Waals surface area contributed by atoms with Gasteiger partial charge in [0.05, 0.1) is 11.4 Å². The summed E-state index contributed by atoms with van der Waals surface area (Å²) in [6.07, 6.45) is 0. The zero-order chi connectivity index (χ0) is 21.2. The molecule has 0 aliphatic carbocycles. The minimum atomic E-state index is -3.71. The average Bonchev–Trinajstić information content (AvgIpc) is 2.98. The minimum Gasteiger partial charge on any atom is -0.349 e. The Kier molecular flexibility index (Phi) is 7.01. The first-order chi connectivity index (χ1) is 12.9. The minimum absolute atomic E-state index is 0.0117. The number of hydrogen-bond donors (Lipinski definition) is 1. The highest BCUT2D eigenvalue weighted by Gasteiger charge is 2.31. The zero-order valence-corrected chi connectivity index (χ0v) is 19.2. The van der Waals surface area contributed by atoms with Gasteiger partial charge < -0.3 is 5.32 Å². The van der Waals surface area contributed by atoms with Crippen molar-refractivity contribution in [2.75, 3.05) is 0 Å². The van der Waals surface area contributed by atoms with Gasteiger partial charge in [0, 0.05) is 17.5 Å². The second-order valence-electron chi connectivity index (χ2n) is 7.63. The van der Waals surface area contributed by atoms with Crippen molar-refractivity contribution >= 4 is 27.3 Å². The number of aryl methyl sites for hydroxylation is 3. The van der Waals surface area contributed by atoms with E-state index in [2.05, 4.69) is 10.3 Å². The van der Waals surface area contributed by atoms with Gasteiger partial charge in [0.25, 0.3) is 5.91 Å². The lowest BCUT2D eigenvalue weighted by Crippen LogP contribution is -2.37. The smallest absolute Gasteiger partial charge is 0.270 e. The number of carbonyl (C=O) groups is 1. The van der Waals surface area contributed by atoms with Crippen molar-refractivity contribution in [3.05, 3.63) is 44.9 Å². The monoisotopic (exact) mass is 423 g/mol. The van der Waals surface area contributed by atoms with Crippen LogP contribution in [-0.4, -0.2) is 35.7 Å². The summed E-state index contributed by atoms with van der Waals surface area (Å²) in [4.78, 5) is 16.8. The predicted octanol–water partition coefficient (Wildman–Crippen LogP) is 3.81. The molecule has 1 N–H and O–H groups in total. The van der Waals surface area contributed by atoms with Gasteiger partial charge in [-0.1, -0.05) is 17.7 Å². The van der Waals surface area contributed by atoms with Gasteiger partial charge in [-0.05, 0) is 59.6 Å². The first kappa shape index (κ1) is 22.5. The van der Waals surface area contributed by atoms with E-state index in [9.17, 15) is 13.2 Å². The van der Waals surface area contributed by atoms with Crippen molar-refractivity contribution in [1.82, 2.24) is 14.6 Å². The third kappa shape index (κ3) is 4.98. The lowest BCUT2D eigenvalue weighted by molar-refractivity contribution is 0.0938. The van der Waals surface area contributed by atoms with E-state index < -0.39 is 10.0 Å². The summed E-state index contributed by atoms with van der Waals surface area (Å²) < 4.78 is 28.3. The molecule has 154 valence electrons. The summed E-state index contributed by atoms with van der Waals surface area (Å²) in [7, 11) is -3.71. The molecule has 0 bridgehead atoms. The molecule has 6 nitrogen and oxygen atoms in total. The number of rotatable bonds is 7. The Balaban J connectivity index is 2.37. The van der Waals surface area contributed by atoms with Crippen LogP contribution in [0.3, 0.4) is 0 Å². The summed E-state index contributed by atoms with van der Waals surface area (Å²) in [5.41, 5.74) is 2.82. The lowest BCUT2D eigenvalue weighted by atomic mass is 10.1. The molecule has 0 radical (unpaired) electrons. The number of thiazole rings is 1. The Morgan fingerprint density at radius 2 is 1.71 bits per heavy atom. The number of aromatic nitrogens is 1. The highest BCUT2D eigenvalue weighted by atomic mass is 32.2. The maximum absolute atomic E-state index is 13.4. The first-order valence-electron chi connectivity index (χ1n) is 9.28. The number of benzene rings is 1. The molecule has 1 aromatic heterocycles. The van der Waals surface area contributed by atoms with Crippen LogP contribution in [0, 0.1) is 20.8 Å². The largest absolute Gasteiger partial charge is 0.349 e. The lowest BCUT2D eigenvalue weighted by Gasteiger charge is -2.27. The Morgan fingerprint density at radius 3 is 2.21 bits per heavy atom. The van der Waals surface area contributed by atoms with Gasteiger partial charge in [0.15, 0.2) is 0 Å². The van der Waals surface area contributed by atoms with E-state index in [1.807, 2.05) is 60.6 Å². The van der Waals surface area contributed by atoms with E-state index in [0.29, 0.717) is 15.6 Å². The predicted molar refractivity (Wildman–Crippen MR) is 113 cm³/mol. The summed E-state index contributed by atoms with van der Waals surface area (Å²) in [5, 5.41) is 5.06. The summed E-state index contributed by atoms with van der Waals surface area (Å²) in [6, 6.07) is 3.53. The van der Waals surface area contributed by atoms with Crippen molar-refractivity contribution < 1.29 is 13.2 Å². The molecule has 2 rings (SSSR count). The molecule has 0 spiro atoms. The maximum atomic E-state index is 13.4. The van der Waals surface area contributed by atoms with Gasteiger partial charge in [0.2, 0.25) is 10.0 Å². The third-order valence-electron chi connectivity index (χ3n) is 4.24. The van der Waals surface area contributed by atoms with Gasteiger partial charge in [-0.3, -0.25) is 4.79 Å². The highest BCUT2D eigenvalue weighted by molar-refractivity contribution is 7.89. The molecule has 0 aliphatic rings. The van der Waals surface area contributed by atoms with Crippen LogP contribution in [-0.2, 0) is 16.6 Å². The molecular formula is C20H29N3O3S2. The van der Waals surface area contributed by atoms with Crippen LogP contribution in [0.5, 0.6) is 0 Å². The van der Waals surface area contributed by atoms with Crippen LogP contribution < -0.4 is 5.32 Å². The van der Waals surface area contributed by atoms with Crippen LogP contribution in [0.15, 0.2) is 22.4 Å². The van der Waals surface area contributed by atoms with E-state index in [4.69, 9.17) is 0 Å². The maximum Gasteiger partial charge on any atom is 0.270 e. The molecule has 8 heteroatoms. The molecule has 0 saturated carbocycles. The van der Waals surface area contributed by atoms with E-state index >= 15 is 0 Å². The topological polar surface area (TPSA) is 79.4 Å². The summed E-state index contributed by atoms with van der Waals surface area (Å²) in [6.45, 7) is 13.2. The second kappa shape index (κ2) is 8.71. The fourth-order valence-corrected chi connectivity index (χ4v) is 6.06. The van der Waals surface area contributed by atoms with Crippen molar-refractivity contribution in [3.8, 4) is 0 Å². The van der Waals surface area contributed by atoms with Gasteiger partial charge in [-0.15, -0.1) is 11.3 Å². The Morgan fingerprint density at radius 1 is 1.14 bits per heavy atom. The Bertz CT molecular complexity index is 940. The molecule has 0 fully saturated rings. The van der Waals surface area contributed by atoms with E-state index in [0.717, 1.165) is 16.7 Å². The number of amides is 1. The second-order valence-corrected chi connectivity index (χ2v) is 10.4. The average molecular weight is 424 g/mol. The fraction of sp³-hybridized carbons (Fsp3) is 0.500. The van der Waals surface area contributed by atoms with Crippen molar-refractivity contribution in [3.63, 3.8) is 0 Å². The standard InChI is InChI=1S/C20H29N3O3S2/c1-12(2)21-20(24)17-11-27-18(22-17)10-23(13(3)4)28(25,26)19-15(6)8-14(5)9-16(19)7/h8-9,11-13H,10H2,1-7H3,(H,21,24). The van der Waals surface area contributed by atoms with Crippen molar-refractivity contribution in [2.45, 2.75) is 72.0 Å². The van der Waals surface area contributed by atoms with Crippen LogP contribution in [0.4, 0.5) is 0 Å². The Hall–Kier alpha value is -1.77. The molecule has 28 heavy (non-hydrogen) atoms. The number of hydrogen-bond acceptors (Lipinski definition) is 5. The van der Waals surface area contributed by atoms with Gasteiger partial charge >= 0.3 is 0 Å². The number of carbonyl (C=O) groups excluding carboxylic acids is 1. The molecule has 1 heterocycles. The molecule has 0 unspecified atom stereocenters.